The molecule has 1 aromatic heterocycles. The number of aryl methyl sites for hydroxylation is 1. The van der Waals surface area contributed by atoms with E-state index in [1.165, 1.54) is 12.8 Å². The highest BCUT2D eigenvalue weighted by molar-refractivity contribution is 7.71. The van der Waals surface area contributed by atoms with Crippen molar-refractivity contribution in [3.05, 3.63) is 26.4 Å². The van der Waals surface area contributed by atoms with Crippen molar-refractivity contribution >= 4 is 12.2 Å². The van der Waals surface area contributed by atoms with E-state index >= 15 is 0 Å². The zero-order valence-corrected chi connectivity index (χ0v) is 9.62. The fraction of sp³-hybridized carbons (Fsp3) is 0.600. The van der Waals surface area contributed by atoms with E-state index < -0.39 is 0 Å². The molecule has 0 spiro atoms. The van der Waals surface area contributed by atoms with Gasteiger partial charge in [0.1, 0.15) is 0 Å². The Hall–Kier alpha value is -0.940. The minimum absolute atomic E-state index is 0.0526. The van der Waals surface area contributed by atoms with Crippen molar-refractivity contribution < 1.29 is 0 Å². The number of rotatable bonds is 2. The van der Waals surface area contributed by atoms with Crippen LogP contribution in [0.4, 0.5) is 0 Å². The number of hydrogen-bond acceptors (Lipinski definition) is 3. The van der Waals surface area contributed by atoms with Crippen LogP contribution >= 0.6 is 12.2 Å². The standard InChI is InChI=1S/C10H15N3OS/c1-7-8(6-13-4-2-3-5-13)9(14)12-10(15)11-7/h2-6H2,1H3,(H2,11,12,14,15). The Morgan fingerprint density at radius 1 is 1.33 bits per heavy atom. The molecule has 5 heteroatoms. The van der Waals surface area contributed by atoms with Crippen molar-refractivity contribution in [2.75, 3.05) is 13.1 Å². The highest BCUT2D eigenvalue weighted by Gasteiger charge is 2.14. The van der Waals surface area contributed by atoms with Crippen molar-refractivity contribution in [2.45, 2.75) is 26.3 Å². The molecular weight excluding hydrogens is 210 g/mol. The molecule has 82 valence electrons. The minimum atomic E-state index is -0.0526. The molecule has 0 aromatic carbocycles. The van der Waals surface area contributed by atoms with Crippen molar-refractivity contribution in [2.24, 2.45) is 0 Å². The van der Waals surface area contributed by atoms with E-state index in [1.54, 1.807) is 0 Å². The summed E-state index contributed by atoms with van der Waals surface area (Å²) in [5.74, 6) is 0. The number of nitrogens with one attached hydrogen (secondary N) is 2. The molecule has 1 aromatic rings. The molecule has 4 nitrogen and oxygen atoms in total. The second-order valence-electron chi connectivity index (χ2n) is 4.00. The summed E-state index contributed by atoms with van der Waals surface area (Å²) < 4.78 is 0.405. The second kappa shape index (κ2) is 4.28. The van der Waals surface area contributed by atoms with Gasteiger partial charge in [0.15, 0.2) is 4.77 Å². The molecule has 0 unspecified atom stereocenters. The molecule has 0 aliphatic carbocycles. The van der Waals surface area contributed by atoms with Crippen LogP contribution in [0.5, 0.6) is 0 Å². The van der Waals surface area contributed by atoms with Crippen LogP contribution in [0.15, 0.2) is 4.79 Å². The van der Waals surface area contributed by atoms with E-state index in [1.807, 2.05) is 6.92 Å². The second-order valence-corrected chi connectivity index (χ2v) is 4.40. The summed E-state index contributed by atoms with van der Waals surface area (Å²) in [6, 6.07) is 0. The van der Waals surface area contributed by atoms with Gasteiger partial charge in [-0.2, -0.15) is 0 Å². The molecule has 0 saturated carbocycles. The molecular formula is C10H15N3OS. The number of aromatic nitrogens is 2. The van der Waals surface area contributed by atoms with Gasteiger partial charge in [-0.25, -0.2) is 0 Å². The smallest absolute Gasteiger partial charge is 0.256 e. The first-order valence-electron chi connectivity index (χ1n) is 5.21. The van der Waals surface area contributed by atoms with E-state index in [0.717, 1.165) is 30.9 Å². The van der Waals surface area contributed by atoms with Crippen LogP contribution in [0.3, 0.4) is 0 Å². The average Bonchev–Trinajstić information content (AvgIpc) is 2.63. The molecule has 0 bridgehead atoms. The molecule has 1 saturated heterocycles. The first kappa shape index (κ1) is 10.6. The number of aromatic amines is 2. The number of nitrogens with zero attached hydrogens (tertiary/aromatic N) is 1. The molecule has 1 fully saturated rings. The molecule has 0 radical (unpaired) electrons. The average molecular weight is 225 g/mol. The fourth-order valence-corrected chi connectivity index (χ4v) is 2.23. The van der Waals surface area contributed by atoms with Crippen LogP contribution < -0.4 is 5.56 Å². The largest absolute Gasteiger partial charge is 0.336 e. The van der Waals surface area contributed by atoms with Crippen LogP contribution in [0.25, 0.3) is 0 Å². The molecule has 1 aliphatic rings. The lowest BCUT2D eigenvalue weighted by molar-refractivity contribution is 0.328. The fourth-order valence-electron chi connectivity index (χ4n) is 1.98. The van der Waals surface area contributed by atoms with Gasteiger partial charge in [0, 0.05) is 12.2 Å². The van der Waals surface area contributed by atoms with Crippen LogP contribution in [-0.2, 0) is 6.54 Å². The SMILES string of the molecule is Cc1[nH]c(=S)[nH]c(=O)c1CN1CCCC1. The predicted molar refractivity (Wildman–Crippen MR) is 61.5 cm³/mol. The van der Waals surface area contributed by atoms with Gasteiger partial charge < -0.3 is 4.98 Å². The Kier molecular flexibility index (Phi) is 3.02. The van der Waals surface area contributed by atoms with E-state index in [2.05, 4.69) is 14.9 Å². The van der Waals surface area contributed by atoms with E-state index in [-0.39, 0.29) is 5.56 Å². The lowest BCUT2D eigenvalue weighted by Gasteiger charge is -2.14. The summed E-state index contributed by atoms with van der Waals surface area (Å²) in [6.45, 7) is 4.81. The quantitative estimate of drug-likeness (QED) is 0.747. The van der Waals surface area contributed by atoms with Crippen molar-refractivity contribution in [1.29, 1.82) is 0 Å². The molecule has 0 atom stereocenters. The van der Waals surface area contributed by atoms with Gasteiger partial charge in [-0.1, -0.05) is 0 Å². The van der Waals surface area contributed by atoms with E-state index in [9.17, 15) is 4.79 Å². The molecule has 15 heavy (non-hydrogen) atoms. The third-order valence-corrected chi connectivity index (χ3v) is 3.04. The third kappa shape index (κ3) is 2.35. The first-order valence-corrected chi connectivity index (χ1v) is 5.62. The maximum Gasteiger partial charge on any atom is 0.256 e. The zero-order valence-electron chi connectivity index (χ0n) is 8.80. The molecule has 2 N–H and O–H groups in total. The number of H-pyrrole nitrogens is 2. The Labute approximate surface area is 93.3 Å². The van der Waals surface area contributed by atoms with Crippen molar-refractivity contribution in [3.8, 4) is 0 Å². The van der Waals surface area contributed by atoms with Crippen molar-refractivity contribution in [3.63, 3.8) is 0 Å². The van der Waals surface area contributed by atoms with Crippen LogP contribution in [0, 0.1) is 11.7 Å². The third-order valence-electron chi connectivity index (χ3n) is 2.84. The van der Waals surface area contributed by atoms with Gasteiger partial charge >= 0.3 is 0 Å². The molecule has 2 rings (SSSR count). The van der Waals surface area contributed by atoms with Gasteiger partial charge in [0.05, 0.1) is 5.56 Å². The summed E-state index contributed by atoms with van der Waals surface area (Å²) in [5, 5.41) is 0. The first-order chi connectivity index (χ1) is 7.16. The van der Waals surface area contributed by atoms with Crippen molar-refractivity contribution in [1.82, 2.24) is 14.9 Å². The Morgan fingerprint density at radius 3 is 2.60 bits per heavy atom. The normalized spacial score (nSPS) is 17.1. The predicted octanol–water partition coefficient (Wildman–Crippen LogP) is 1.34. The lowest BCUT2D eigenvalue weighted by Crippen LogP contribution is -2.26. The van der Waals surface area contributed by atoms with Gasteiger partial charge in [-0.3, -0.25) is 14.7 Å². The molecule has 2 heterocycles. The summed E-state index contributed by atoms with van der Waals surface area (Å²) in [5.41, 5.74) is 1.64. The Balaban J connectivity index is 2.27. The van der Waals surface area contributed by atoms with E-state index in [0.29, 0.717) is 4.77 Å². The zero-order chi connectivity index (χ0) is 10.8. The monoisotopic (exact) mass is 225 g/mol. The Bertz CT molecular complexity index is 456. The summed E-state index contributed by atoms with van der Waals surface area (Å²) in [7, 11) is 0. The van der Waals surface area contributed by atoms with Crippen LogP contribution in [0.2, 0.25) is 0 Å². The molecule has 0 amide bonds. The van der Waals surface area contributed by atoms with Gasteiger partial charge in [-0.05, 0) is 45.1 Å². The molecule has 1 aliphatic heterocycles. The summed E-state index contributed by atoms with van der Waals surface area (Å²) in [6.07, 6.45) is 2.47. The highest BCUT2D eigenvalue weighted by Crippen LogP contribution is 2.11. The number of likely N-dealkylation sites (tertiary alicyclic amines) is 1. The van der Waals surface area contributed by atoms with E-state index in [4.69, 9.17) is 12.2 Å². The Morgan fingerprint density at radius 2 is 2.00 bits per heavy atom. The topological polar surface area (TPSA) is 51.9 Å². The maximum absolute atomic E-state index is 11.7. The summed E-state index contributed by atoms with van der Waals surface area (Å²) in [4.78, 5) is 19.6. The number of hydrogen-bond donors (Lipinski definition) is 2. The van der Waals surface area contributed by atoms with Gasteiger partial charge in [0.25, 0.3) is 5.56 Å². The van der Waals surface area contributed by atoms with Gasteiger partial charge in [-0.15, -0.1) is 0 Å². The minimum Gasteiger partial charge on any atom is -0.336 e. The highest BCUT2D eigenvalue weighted by atomic mass is 32.1. The maximum atomic E-state index is 11.7. The van der Waals surface area contributed by atoms with Gasteiger partial charge in [0.2, 0.25) is 0 Å². The summed E-state index contributed by atoms with van der Waals surface area (Å²) >= 11 is 4.90. The van der Waals surface area contributed by atoms with Crippen LogP contribution in [0.1, 0.15) is 24.1 Å². The van der Waals surface area contributed by atoms with Crippen LogP contribution in [-0.4, -0.2) is 28.0 Å². The lowest BCUT2D eigenvalue weighted by atomic mass is 10.2.